The van der Waals surface area contributed by atoms with Crippen molar-refractivity contribution < 1.29 is 34.4 Å². The van der Waals surface area contributed by atoms with Gasteiger partial charge in [0.25, 0.3) is 11.7 Å². The highest BCUT2D eigenvalue weighted by Crippen LogP contribution is 2.47. The molecule has 0 aromatic heterocycles. The van der Waals surface area contributed by atoms with Crippen molar-refractivity contribution in [3.63, 3.8) is 0 Å². The molecule has 3 aromatic carbocycles. The number of ether oxygens (including phenoxy) is 2. The van der Waals surface area contributed by atoms with Gasteiger partial charge >= 0.3 is 0 Å². The van der Waals surface area contributed by atoms with Crippen molar-refractivity contribution in [2.45, 2.75) is 19.9 Å². The lowest BCUT2D eigenvalue weighted by Crippen LogP contribution is -2.29. The predicted octanol–water partition coefficient (Wildman–Crippen LogP) is 5.09. The average molecular weight is 510 g/mol. The fraction of sp³-hybridized carbons (Fsp3) is 0.185. The van der Waals surface area contributed by atoms with E-state index in [4.69, 9.17) is 21.1 Å². The number of amides is 1. The molecule has 1 saturated heterocycles. The summed E-state index contributed by atoms with van der Waals surface area (Å²) in [7, 11) is 1.43. The SMILES string of the molecule is CCOc1cc(C2/C(=C(\O)c3cc(C)ccc3OC)C(=O)C(=O)N2c2cc(Cl)ccc2O)ccc1O. The number of Topliss-reactive ketones (excluding diaryl/α,β-unsaturated/α-hetero) is 1. The monoisotopic (exact) mass is 509 g/mol. The summed E-state index contributed by atoms with van der Waals surface area (Å²) in [5, 5.41) is 32.5. The number of phenols is 2. The van der Waals surface area contributed by atoms with Crippen molar-refractivity contribution in [2.75, 3.05) is 18.6 Å². The number of ketones is 1. The van der Waals surface area contributed by atoms with Gasteiger partial charge in [0.2, 0.25) is 0 Å². The minimum Gasteiger partial charge on any atom is -0.507 e. The summed E-state index contributed by atoms with van der Waals surface area (Å²) in [6.45, 7) is 3.81. The van der Waals surface area contributed by atoms with E-state index in [1.165, 1.54) is 43.5 Å². The van der Waals surface area contributed by atoms with Gasteiger partial charge in [-0.25, -0.2) is 0 Å². The van der Waals surface area contributed by atoms with Crippen LogP contribution in [0.4, 0.5) is 5.69 Å². The molecule has 1 amide bonds. The van der Waals surface area contributed by atoms with E-state index in [9.17, 15) is 24.9 Å². The first-order valence-electron chi connectivity index (χ1n) is 11.1. The largest absolute Gasteiger partial charge is 0.507 e. The van der Waals surface area contributed by atoms with Crippen LogP contribution >= 0.6 is 11.6 Å². The second-order valence-electron chi connectivity index (χ2n) is 8.17. The smallest absolute Gasteiger partial charge is 0.300 e. The molecule has 3 aromatic rings. The van der Waals surface area contributed by atoms with Gasteiger partial charge in [-0.05, 0) is 61.9 Å². The van der Waals surface area contributed by atoms with Gasteiger partial charge in [-0.15, -0.1) is 0 Å². The van der Waals surface area contributed by atoms with E-state index >= 15 is 0 Å². The molecule has 1 unspecified atom stereocenters. The van der Waals surface area contributed by atoms with Crippen LogP contribution in [0.25, 0.3) is 5.76 Å². The Balaban J connectivity index is 2.04. The minimum absolute atomic E-state index is 0.0177. The maximum atomic E-state index is 13.4. The molecule has 1 aliphatic rings. The van der Waals surface area contributed by atoms with E-state index in [0.717, 1.165) is 10.5 Å². The topological polar surface area (TPSA) is 117 Å². The lowest BCUT2D eigenvalue weighted by atomic mass is 9.94. The number of carbonyl (C=O) groups is 2. The number of aliphatic hydroxyl groups excluding tert-OH is 1. The zero-order chi connectivity index (χ0) is 26.1. The van der Waals surface area contributed by atoms with Crippen molar-refractivity contribution in [2.24, 2.45) is 0 Å². The molecule has 0 bridgehead atoms. The molecule has 1 aliphatic heterocycles. The van der Waals surface area contributed by atoms with Gasteiger partial charge in [-0.2, -0.15) is 0 Å². The number of methoxy groups -OCH3 is 1. The summed E-state index contributed by atoms with van der Waals surface area (Å²) in [6.07, 6.45) is 0. The van der Waals surface area contributed by atoms with Crippen LogP contribution in [0.5, 0.6) is 23.0 Å². The Morgan fingerprint density at radius 1 is 1.00 bits per heavy atom. The summed E-state index contributed by atoms with van der Waals surface area (Å²) in [5.74, 6) is -2.39. The Bertz CT molecular complexity index is 1400. The molecule has 0 radical (unpaired) electrons. The number of benzene rings is 3. The normalized spacial score (nSPS) is 16.9. The third-order valence-corrected chi connectivity index (χ3v) is 6.09. The molecule has 0 saturated carbocycles. The van der Waals surface area contributed by atoms with Gasteiger partial charge in [0.05, 0.1) is 36.6 Å². The highest BCUT2D eigenvalue weighted by atomic mass is 35.5. The van der Waals surface area contributed by atoms with E-state index < -0.39 is 23.5 Å². The number of anilines is 1. The molecule has 1 heterocycles. The molecule has 0 aliphatic carbocycles. The standard InChI is InChI=1S/C27H24ClNO7/c1-4-36-22-12-15(6-8-20(22)31)24-23(25(32)17-11-14(2)5-10-21(17)35-3)26(33)27(34)29(24)18-13-16(28)7-9-19(18)30/h5-13,24,30-32H,4H2,1-3H3/b25-23+. The second kappa shape index (κ2) is 9.83. The lowest BCUT2D eigenvalue weighted by molar-refractivity contribution is -0.132. The van der Waals surface area contributed by atoms with Gasteiger partial charge in [-0.1, -0.05) is 29.3 Å². The highest BCUT2D eigenvalue weighted by Gasteiger charge is 2.48. The van der Waals surface area contributed by atoms with Crippen LogP contribution in [0.1, 0.15) is 29.7 Å². The molecule has 3 N–H and O–H groups in total. The Morgan fingerprint density at radius 2 is 1.72 bits per heavy atom. The molecular formula is C27H24ClNO7. The summed E-state index contributed by atoms with van der Waals surface area (Å²) < 4.78 is 10.9. The van der Waals surface area contributed by atoms with Gasteiger partial charge in [0, 0.05) is 5.02 Å². The van der Waals surface area contributed by atoms with E-state index in [2.05, 4.69) is 0 Å². The molecule has 186 valence electrons. The Labute approximate surface area is 212 Å². The number of aliphatic hydroxyl groups is 1. The van der Waals surface area contributed by atoms with Crippen LogP contribution in [0.15, 0.2) is 60.2 Å². The highest BCUT2D eigenvalue weighted by molar-refractivity contribution is 6.52. The third-order valence-electron chi connectivity index (χ3n) is 5.85. The molecule has 1 fully saturated rings. The second-order valence-corrected chi connectivity index (χ2v) is 8.60. The Kier molecular flexibility index (Phi) is 6.81. The van der Waals surface area contributed by atoms with E-state index in [-0.39, 0.29) is 45.7 Å². The van der Waals surface area contributed by atoms with Gasteiger partial charge < -0.3 is 24.8 Å². The summed E-state index contributed by atoms with van der Waals surface area (Å²) in [4.78, 5) is 27.8. The van der Waals surface area contributed by atoms with Crippen LogP contribution in [-0.2, 0) is 9.59 Å². The Hall–Kier alpha value is -4.17. The van der Waals surface area contributed by atoms with E-state index in [1.54, 1.807) is 25.1 Å². The van der Waals surface area contributed by atoms with Crippen LogP contribution < -0.4 is 14.4 Å². The van der Waals surface area contributed by atoms with Crippen molar-refractivity contribution in [1.29, 1.82) is 0 Å². The lowest BCUT2D eigenvalue weighted by Gasteiger charge is -2.26. The average Bonchev–Trinajstić information content (AvgIpc) is 3.12. The summed E-state index contributed by atoms with van der Waals surface area (Å²) in [6, 6.07) is 12.3. The molecule has 4 rings (SSSR count). The quantitative estimate of drug-likeness (QED) is 0.240. The zero-order valence-electron chi connectivity index (χ0n) is 19.8. The number of aromatic hydroxyl groups is 2. The molecule has 1 atom stereocenters. The maximum absolute atomic E-state index is 13.4. The summed E-state index contributed by atoms with van der Waals surface area (Å²) >= 11 is 6.15. The van der Waals surface area contributed by atoms with Crippen molar-refractivity contribution >= 4 is 34.7 Å². The number of rotatable bonds is 6. The van der Waals surface area contributed by atoms with Crippen molar-refractivity contribution in [1.82, 2.24) is 0 Å². The number of halogens is 1. The number of carbonyl (C=O) groups excluding carboxylic acids is 2. The van der Waals surface area contributed by atoms with Crippen LogP contribution in [-0.4, -0.2) is 40.7 Å². The number of aryl methyl sites for hydroxylation is 1. The first-order valence-corrected chi connectivity index (χ1v) is 11.5. The molecule has 9 heteroatoms. The summed E-state index contributed by atoms with van der Waals surface area (Å²) in [5.41, 5.74) is 1.12. The molecular weight excluding hydrogens is 486 g/mol. The fourth-order valence-corrected chi connectivity index (χ4v) is 4.38. The van der Waals surface area contributed by atoms with Crippen molar-refractivity contribution in [3.8, 4) is 23.0 Å². The van der Waals surface area contributed by atoms with Gasteiger partial charge in [0.1, 0.15) is 17.3 Å². The van der Waals surface area contributed by atoms with E-state index in [1.807, 2.05) is 6.92 Å². The molecule has 8 nitrogen and oxygen atoms in total. The van der Waals surface area contributed by atoms with Crippen LogP contribution in [0, 0.1) is 6.92 Å². The van der Waals surface area contributed by atoms with E-state index in [0.29, 0.717) is 11.3 Å². The first kappa shape index (κ1) is 24.9. The number of hydrogen-bond acceptors (Lipinski definition) is 7. The number of phenolic OH excluding ortho intramolecular Hbond substituents is 2. The zero-order valence-corrected chi connectivity index (χ0v) is 20.5. The molecule has 0 spiro atoms. The van der Waals surface area contributed by atoms with Crippen LogP contribution in [0.2, 0.25) is 5.02 Å². The maximum Gasteiger partial charge on any atom is 0.300 e. The fourth-order valence-electron chi connectivity index (χ4n) is 4.21. The third kappa shape index (κ3) is 4.31. The minimum atomic E-state index is -1.18. The predicted molar refractivity (Wildman–Crippen MR) is 135 cm³/mol. The number of hydrogen-bond donors (Lipinski definition) is 3. The number of nitrogens with zero attached hydrogens (tertiary/aromatic N) is 1. The van der Waals surface area contributed by atoms with Gasteiger partial charge in [0.15, 0.2) is 11.5 Å². The van der Waals surface area contributed by atoms with Crippen LogP contribution in [0.3, 0.4) is 0 Å². The first-order chi connectivity index (χ1) is 17.2. The molecule has 36 heavy (non-hydrogen) atoms. The van der Waals surface area contributed by atoms with Crippen molar-refractivity contribution in [3.05, 3.63) is 81.9 Å². The Morgan fingerprint density at radius 3 is 2.42 bits per heavy atom. The van der Waals surface area contributed by atoms with Gasteiger partial charge in [-0.3, -0.25) is 14.5 Å².